The Hall–Kier alpha value is -1.63. The van der Waals surface area contributed by atoms with E-state index in [-0.39, 0.29) is 5.69 Å². The first-order valence-electron chi connectivity index (χ1n) is 4.54. The Balaban J connectivity index is 2.44. The molecule has 0 spiro atoms. The number of aromatic nitrogens is 3. The summed E-state index contributed by atoms with van der Waals surface area (Å²) in [4.78, 5) is 10.8. The lowest BCUT2D eigenvalue weighted by molar-refractivity contribution is 0.0685. The molecule has 16 heavy (non-hydrogen) atoms. The van der Waals surface area contributed by atoms with E-state index >= 15 is 0 Å². The van der Waals surface area contributed by atoms with Gasteiger partial charge in [-0.05, 0) is 22.9 Å². The number of aryl methyl sites for hydroxylation is 1. The van der Waals surface area contributed by atoms with E-state index in [9.17, 15) is 4.79 Å². The van der Waals surface area contributed by atoms with Crippen molar-refractivity contribution in [2.24, 2.45) is 0 Å². The molecule has 2 heterocycles. The highest BCUT2D eigenvalue weighted by atomic mass is 79.9. The molecule has 0 saturated carbocycles. The van der Waals surface area contributed by atoms with Gasteiger partial charge < -0.3 is 9.63 Å². The van der Waals surface area contributed by atoms with E-state index in [4.69, 9.17) is 9.63 Å². The number of carboxylic acids is 1. The Labute approximate surface area is 99.0 Å². The van der Waals surface area contributed by atoms with Gasteiger partial charge in [-0.3, -0.25) is 4.68 Å². The Bertz CT molecular complexity index is 532. The highest BCUT2D eigenvalue weighted by Gasteiger charge is 2.21. The van der Waals surface area contributed by atoms with Gasteiger partial charge in [0.2, 0.25) is 5.69 Å². The maximum Gasteiger partial charge on any atom is 0.359 e. The molecule has 0 saturated heterocycles. The molecule has 0 atom stereocenters. The van der Waals surface area contributed by atoms with Crippen LogP contribution in [0.1, 0.15) is 17.4 Å². The zero-order valence-corrected chi connectivity index (χ0v) is 9.93. The predicted molar refractivity (Wildman–Crippen MR) is 58.1 cm³/mol. The van der Waals surface area contributed by atoms with Crippen molar-refractivity contribution >= 4 is 21.9 Å². The minimum Gasteiger partial charge on any atom is -0.476 e. The van der Waals surface area contributed by atoms with Gasteiger partial charge in [0.1, 0.15) is 4.47 Å². The van der Waals surface area contributed by atoms with Crippen LogP contribution in [-0.2, 0) is 6.54 Å². The molecule has 2 rings (SSSR count). The third kappa shape index (κ3) is 1.73. The predicted octanol–water partition coefficient (Wildman–Crippen LogP) is 2.02. The SMILES string of the molecule is CCn1cc(-c2onc(C(=O)O)c2Br)cn1. The lowest BCUT2D eigenvalue weighted by Crippen LogP contribution is -1.96. The summed E-state index contributed by atoms with van der Waals surface area (Å²) in [6.45, 7) is 2.69. The van der Waals surface area contributed by atoms with Crippen molar-refractivity contribution < 1.29 is 14.4 Å². The molecule has 0 aliphatic rings. The van der Waals surface area contributed by atoms with E-state index < -0.39 is 5.97 Å². The van der Waals surface area contributed by atoms with Crippen LogP contribution in [0.4, 0.5) is 0 Å². The van der Waals surface area contributed by atoms with E-state index in [0.717, 1.165) is 6.54 Å². The van der Waals surface area contributed by atoms with Gasteiger partial charge in [0.25, 0.3) is 0 Å². The summed E-state index contributed by atoms with van der Waals surface area (Å²) >= 11 is 3.15. The van der Waals surface area contributed by atoms with Crippen LogP contribution < -0.4 is 0 Å². The second-order valence-corrected chi connectivity index (χ2v) is 3.86. The van der Waals surface area contributed by atoms with Crippen molar-refractivity contribution in [1.82, 2.24) is 14.9 Å². The Morgan fingerprint density at radius 2 is 2.44 bits per heavy atom. The highest BCUT2D eigenvalue weighted by Crippen LogP contribution is 2.30. The zero-order chi connectivity index (χ0) is 11.7. The van der Waals surface area contributed by atoms with Crippen LogP contribution in [0.15, 0.2) is 21.4 Å². The minimum atomic E-state index is -1.13. The van der Waals surface area contributed by atoms with Crippen LogP contribution >= 0.6 is 15.9 Å². The first-order valence-corrected chi connectivity index (χ1v) is 5.34. The van der Waals surface area contributed by atoms with E-state index in [0.29, 0.717) is 15.8 Å². The average Bonchev–Trinajstić information content (AvgIpc) is 2.83. The number of nitrogens with zero attached hydrogens (tertiary/aromatic N) is 3. The molecule has 6 nitrogen and oxygen atoms in total. The summed E-state index contributed by atoms with van der Waals surface area (Å²) < 4.78 is 7.01. The molecule has 2 aromatic rings. The number of carbonyl (C=O) groups is 1. The third-order valence-electron chi connectivity index (χ3n) is 2.06. The summed E-state index contributed by atoms with van der Waals surface area (Å²) in [7, 11) is 0. The van der Waals surface area contributed by atoms with Gasteiger partial charge in [0.05, 0.1) is 11.8 Å². The molecule has 84 valence electrons. The van der Waals surface area contributed by atoms with Gasteiger partial charge in [-0.25, -0.2) is 4.79 Å². The minimum absolute atomic E-state index is 0.140. The molecule has 0 radical (unpaired) electrons. The second-order valence-electron chi connectivity index (χ2n) is 3.06. The van der Waals surface area contributed by atoms with Gasteiger partial charge in [0, 0.05) is 12.7 Å². The molecule has 1 N–H and O–H groups in total. The molecule has 0 unspecified atom stereocenters. The molecular weight excluding hydrogens is 278 g/mol. The van der Waals surface area contributed by atoms with Crippen molar-refractivity contribution in [2.75, 3.05) is 0 Å². The molecule has 7 heteroatoms. The van der Waals surface area contributed by atoms with Gasteiger partial charge in [-0.1, -0.05) is 5.16 Å². The second kappa shape index (κ2) is 4.09. The first-order chi connectivity index (χ1) is 7.63. The van der Waals surface area contributed by atoms with Crippen molar-refractivity contribution in [3.8, 4) is 11.3 Å². The molecule has 0 fully saturated rings. The molecule has 0 aromatic carbocycles. The van der Waals surface area contributed by atoms with Crippen molar-refractivity contribution in [3.63, 3.8) is 0 Å². The summed E-state index contributed by atoms with van der Waals surface area (Å²) in [6.07, 6.45) is 3.36. The van der Waals surface area contributed by atoms with Crippen LogP contribution in [0.25, 0.3) is 11.3 Å². The molecule has 0 bridgehead atoms. The maximum atomic E-state index is 10.8. The fraction of sp³-hybridized carbons (Fsp3) is 0.222. The van der Waals surface area contributed by atoms with Gasteiger partial charge in [-0.2, -0.15) is 5.10 Å². The van der Waals surface area contributed by atoms with E-state index in [1.54, 1.807) is 17.1 Å². The molecule has 0 aliphatic heterocycles. The van der Waals surface area contributed by atoms with Crippen molar-refractivity contribution in [2.45, 2.75) is 13.5 Å². The number of halogens is 1. The number of carboxylic acid groups (broad SMARTS) is 1. The van der Waals surface area contributed by atoms with Crippen molar-refractivity contribution in [1.29, 1.82) is 0 Å². The van der Waals surface area contributed by atoms with Gasteiger partial charge >= 0.3 is 5.97 Å². The Morgan fingerprint density at radius 1 is 1.69 bits per heavy atom. The van der Waals surface area contributed by atoms with Crippen LogP contribution in [0.5, 0.6) is 0 Å². The zero-order valence-electron chi connectivity index (χ0n) is 8.35. The largest absolute Gasteiger partial charge is 0.476 e. The van der Waals surface area contributed by atoms with E-state index in [1.165, 1.54) is 0 Å². The third-order valence-corrected chi connectivity index (χ3v) is 2.79. The molecule has 2 aromatic heterocycles. The topological polar surface area (TPSA) is 81.2 Å². The average molecular weight is 286 g/mol. The fourth-order valence-corrected chi connectivity index (χ4v) is 1.79. The highest BCUT2D eigenvalue weighted by molar-refractivity contribution is 9.10. The fourth-order valence-electron chi connectivity index (χ4n) is 1.25. The molecule has 0 aliphatic carbocycles. The summed E-state index contributed by atoms with van der Waals surface area (Å²) in [5.74, 6) is -0.762. The van der Waals surface area contributed by atoms with E-state index in [2.05, 4.69) is 26.2 Å². The van der Waals surface area contributed by atoms with Crippen molar-refractivity contribution in [3.05, 3.63) is 22.6 Å². The number of rotatable bonds is 3. The normalized spacial score (nSPS) is 10.6. The summed E-state index contributed by atoms with van der Waals surface area (Å²) in [5.41, 5.74) is 0.549. The summed E-state index contributed by atoms with van der Waals surface area (Å²) in [5, 5.41) is 16.3. The maximum absolute atomic E-state index is 10.8. The summed E-state index contributed by atoms with van der Waals surface area (Å²) in [6, 6.07) is 0. The van der Waals surface area contributed by atoms with Gasteiger partial charge in [0.15, 0.2) is 5.76 Å². The lowest BCUT2D eigenvalue weighted by Gasteiger charge is -1.91. The van der Waals surface area contributed by atoms with Crippen LogP contribution in [0.3, 0.4) is 0 Å². The van der Waals surface area contributed by atoms with Crippen LogP contribution in [0, 0.1) is 0 Å². The quantitative estimate of drug-likeness (QED) is 0.933. The molecular formula is C9H8BrN3O3. The first kappa shape index (κ1) is 10.9. The van der Waals surface area contributed by atoms with E-state index in [1.807, 2.05) is 6.92 Å². The Kier molecular flexibility index (Phi) is 2.78. The number of aromatic carboxylic acids is 1. The number of hydrogen-bond donors (Lipinski definition) is 1. The monoisotopic (exact) mass is 285 g/mol. The number of hydrogen-bond acceptors (Lipinski definition) is 4. The van der Waals surface area contributed by atoms with Crippen LogP contribution in [0.2, 0.25) is 0 Å². The standard InChI is InChI=1S/C9H8BrN3O3/c1-2-13-4-5(3-11-13)8-6(10)7(9(14)15)12-16-8/h3-4H,2H2,1H3,(H,14,15). The van der Waals surface area contributed by atoms with Gasteiger partial charge in [-0.15, -0.1) is 0 Å². The smallest absolute Gasteiger partial charge is 0.359 e. The van der Waals surface area contributed by atoms with Crippen LogP contribution in [-0.4, -0.2) is 26.0 Å². The lowest BCUT2D eigenvalue weighted by atomic mass is 10.2. The molecule has 0 amide bonds. The Morgan fingerprint density at radius 3 is 2.94 bits per heavy atom.